The molecular formula is C35H37Cl2N3O5S. The molecule has 0 aliphatic rings. The molecule has 2 atom stereocenters. The number of methoxy groups -OCH3 is 1. The first-order chi connectivity index (χ1) is 22.0. The van der Waals surface area contributed by atoms with E-state index in [4.69, 9.17) is 27.9 Å². The van der Waals surface area contributed by atoms with Gasteiger partial charge in [0.1, 0.15) is 18.3 Å². The monoisotopic (exact) mass is 681 g/mol. The number of hydrogen-bond acceptors (Lipinski definition) is 5. The van der Waals surface area contributed by atoms with E-state index in [1.165, 1.54) is 48.4 Å². The molecule has 4 rings (SSSR count). The summed E-state index contributed by atoms with van der Waals surface area (Å²) in [5.74, 6) is -0.461. The predicted octanol–water partition coefficient (Wildman–Crippen LogP) is 6.75. The van der Waals surface area contributed by atoms with Crippen LogP contribution in [0.25, 0.3) is 0 Å². The molecule has 0 bridgehead atoms. The number of amides is 2. The van der Waals surface area contributed by atoms with Crippen LogP contribution < -0.4 is 14.4 Å². The number of nitrogens with zero attached hydrogens (tertiary/aromatic N) is 2. The first-order valence-corrected chi connectivity index (χ1v) is 17.0. The van der Waals surface area contributed by atoms with Crippen molar-refractivity contribution in [2.45, 2.75) is 50.2 Å². The first kappa shape index (κ1) is 34.8. The summed E-state index contributed by atoms with van der Waals surface area (Å²) in [6.07, 6.45) is 0.887. The molecule has 0 saturated carbocycles. The number of anilines is 1. The molecule has 2 amide bonds. The summed E-state index contributed by atoms with van der Waals surface area (Å²) >= 11 is 12.7. The predicted molar refractivity (Wildman–Crippen MR) is 183 cm³/mol. The van der Waals surface area contributed by atoms with Crippen LogP contribution in [0.5, 0.6) is 5.75 Å². The smallest absolute Gasteiger partial charge is 0.264 e. The Hall–Kier alpha value is -4.05. The Morgan fingerprint density at radius 3 is 2.11 bits per heavy atom. The number of carbonyl (C=O) groups is 2. The second kappa shape index (κ2) is 16.0. The molecule has 4 aromatic carbocycles. The zero-order valence-corrected chi connectivity index (χ0v) is 28.2. The average molecular weight is 683 g/mol. The summed E-state index contributed by atoms with van der Waals surface area (Å²) in [6, 6.07) is 27.4. The third-order valence-electron chi connectivity index (χ3n) is 7.61. The van der Waals surface area contributed by atoms with Gasteiger partial charge < -0.3 is 15.0 Å². The van der Waals surface area contributed by atoms with Gasteiger partial charge in [0.15, 0.2) is 0 Å². The van der Waals surface area contributed by atoms with Crippen LogP contribution in [-0.2, 0) is 32.6 Å². The molecule has 0 fully saturated rings. The molecule has 242 valence electrons. The van der Waals surface area contributed by atoms with Gasteiger partial charge in [-0.2, -0.15) is 0 Å². The summed E-state index contributed by atoms with van der Waals surface area (Å²) in [5, 5.41) is 3.84. The van der Waals surface area contributed by atoms with Crippen LogP contribution in [0, 0.1) is 0 Å². The Morgan fingerprint density at radius 2 is 1.50 bits per heavy atom. The molecule has 46 heavy (non-hydrogen) atoms. The third kappa shape index (κ3) is 8.81. The van der Waals surface area contributed by atoms with Crippen molar-refractivity contribution < 1.29 is 22.7 Å². The van der Waals surface area contributed by atoms with Crippen molar-refractivity contribution in [2.75, 3.05) is 18.0 Å². The summed E-state index contributed by atoms with van der Waals surface area (Å²) in [7, 11) is -2.78. The van der Waals surface area contributed by atoms with Crippen molar-refractivity contribution in [1.82, 2.24) is 10.2 Å². The lowest BCUT2D eigenvalue weighted by Gasteiger charge is -2.34. The first-order valence-electron chi connectivity index (χ1n) is 14.8. The second-order valence-electron chi connectivity index (χ2n) is 10.8. The molecule has 0 radical (unpaired) electrons. The summed E-state index contributed by atoms with van der Waals surface area (Å²) in [5.41, 5.74) is 1.68. The highest BCUT2D eigenvalue weighted by molar-refractivity contribution is 7.92. The van der Waals surface area contributed by atoms with Crippen LogP contribution in [0.1, 0.15) is 31.4 Å². The van der Waals surface area contributed by atoms with Gasteiger partial charge in [0.25, 0.3) is 10.0 Å². The normalized spacial score (nSPS) is 12.5. The summed E-state index contributed by atoms with van der Waals surface area (Å²) < 4.78 is 34.5. The minimum Gasteiger partial charge on any atom is -0.497 e. The molecule has 0 aliphatic heterocycles. The van der Waals surface area contributed by atoms with E-state index in [-0.39, 0.29) is 35.5 Å². The van der Waals surface area contributed by atoms with E-state index in [0.717, 1.165) is 9.87 Å². The molecule has 0 aliphatic carbocycles. The molecule has 0 spiro atoms. The molecule has 0 heterocycles. The van der Waals surface area contributed by atoms with Crippen LogP contribution >= 0.6 is 23.2 Å². The molecular weight excluding hydrogens is 645 g/mol. The maximum absolute atomic E-state index is 14.5. The van der Waals surface area contributed by atoms with E-state index >= 15 is 0 Å². The van der Waals surface area contributed by atoms with E-state index in [1.807, 2.05) is 44.2 Å². The van der Waals surface area contributed by atoms with E-state index in [9.17, 15) is 18.0 Å². The fourth-order valence-corrected chi connectivity index (χ4v) is 6.55. The van der Waals surface area contributed by atoms with Crippen LogP contribution in [0.15, 0.2) is 108 Å². The molecule has 0 saturated heterocycles. The lowest BCUT2D eigenvalue weighted by atomic mass is 10.0. The minimum atomic E-state index is -4.27. The molecule has 0 unspecified atom stereocenters. The quantitative estimate of drug-likeness (QED) is 0.159. The topological polar surface area (TPSA) is 96.0 Å². The zero-order valence-electron chi connectivity index (χ0n) is 25.9. The Kier molecular flexibility index (Phi) is 12.1. The van der Waals surface area contributed by atoms with Crippen molar-refractivity contribution >= 4 is 50.7 Å². The zero-order chi connectivity index (χ0) is 33.3. The van der Waals surface area contributed by atoms with Crippen LogP contribution in [0.3, 0.4) is 0 Å². The Bertz CT molecular complexity index is 1720. The fraction of sp³-hybridized carbons (Fsp3) is 0.257. The van der Waals surface area contributed by atoms with Crippen molar-refractivity contribution in [2.24, 2.45) is 0 Å². The second-order valence-corrected chi connectivity index (χ2v) is 13.5. The maximum atomic E-state index is 14.5. The van der Waals surface area contributed by atoms with Gasteiger partial charge in [-0.1, -0.05) is 78.7 Å². The van der Waals surface area contributed by atoms with Gasteiger partial charge in [-0.05, 0) is 79.1 Å². The number of rotatable bonds is 14. The number of benzene rings is 4. The van der Waals surface area contributed by atoms with E-state index in [0.29, 0.717) is 27.8 Å². The molecule has 0 aromatic heterocycles. The Labute approximate surface area is 280 Å². The lowest BCUT2D eigenvalue weighted by Crippen LogP contribution is -2.54. The number of sulfonamides is 1. The van der Waals surface area contributed by atoms with Crippen molar-refractivity contribution in [1.29, 1.82) is 0 Å². The third-order valence-corrected chi connectivity index (χ3v) is 10.0. The molecule has 11 heteroatoms. The highest BCUT2D eigenvalue weighted by atomic mass is 35.5. The fourth-order valence-electron chi connectivity index (χ4n) is 4.82. The summed E-state index contributed by atoms with van der Waals surface area (Å²) in [6.45, 7) is 3.22. The molecule has 4 aromatic rings. The van der Waals surface area contributed by atoms with Gasteiger partial charge in [0.05, 0.1) is 17.7 Å². The van der Waals surface area contributed by atoms with Crippen molar-refractivity contribution in [3.8, 4) is 5.75 Å². The van der Waals surface area contributed by atoms with Gasteiger partial charge in [0.2, 0.25) is 11.8 Å². The van der Waals surface area contributed by atoms with E-state index < -0.39 is 28.5 Å². The van der Waals surface area contributed by atoms with Crippen molar-refractivity contribution in [3.63, 3.8) is 0 Å². The highest BCUT2D eigenvalue weighted by Gasteiger charge is 2.35. The van der Waals surface area contributed by atoms with E-state index in [1.54, 1.807) is 36.4 Å². The number of nitrogens with one attached hydrogen (secondary N) is 1. The maximum Gasteiger partial charge on any atom is 0.264 e. The number of ether oxygens (including phenoxy) is 1. The standard InChI is InChI=1S/C35H37Cl2N3O5S/c1-4-25(2)38-35(42)33(22-26-10-6-5-7-11-26)39(23-27-12-8-9-13-32(27)37)34(41)24-40(29-16-14-28(36)15-17-29)46(43,44)31-20-18-30(45-3)19-21-31/h5-21,25,33H,4,22-24H2,1-3H3,(H,38,42)/t25-,33+/m0/s1. The number of hydrogen-bond donors (Lipinski definition) is 1. The number of carbonyl (C=O) groups excluding carboxylic acids is 2. The van der Waals surface area contributed by atoms with Gasteiger partial charge in [-0.3, -0.25) is 13.9 Å². The SMILES string of the molecule is CC[C@H](C)NC(=O)[C@@H](Cc1ccccc1)N(Cc1ccccc1Cl)C(=O)CN(c1ccc(Cl)cc1)S(=O)(=O)c1ccc(OC)cc1. The Morgan fingerprint density at radius 1 is 0.870 bits per heavy atom. The van der Waals surface area contributed by atoms with Gasteiger partial charge in [-0.25, -0.2) is 8.42 Å². The summed E-state index contributed by atoms with van der Waals surface area (Å²) in [4.78, 5) is 29.8. The molecule has 8 nitrogen and oxygen atoms in total. The van der Waals surface area contributed by atoms with Gasteiger partial charge >= 0.3 is 0 Å². The van der Waals surface area contributed by atoms with Crippen LogP contribution in [0.4, 0.5) is 5.69 Å². The van der Waals surface area contributed by atoms with Crippen molar-refractivity contribution in [3.05, 3.63) is 124 Å². The highest BCUT2D eigenvalue weighted by Crippen LogP contribution is 2.28. The van der Waals surface area contributed by atoms with Gasteiger partial charge in [0, 0.05) is 29.1 Å². The average Bonchev–Trinajstić information content (AvgIpc) is 3.06. The Balaban J connectivity index is 1.81. The minimum absolute atomic E-state index is 0.0268. The van der Waals surface area contributed by atoms with Crippen LogP contribution in [-0.4, -0.2) is 50.9 Å². The van der Waals surface area contributed by atoms with Gasteiger partial charge in [-0.15, -0.1) is 0 Å². The lowest BCUT2D eigenvalue weighted by molar-refractivity contribution is -0.140. The largest absolute Gasteiger partial charge is 0.497 e. The van der Waals surface area contributed by atoms with E-state index in [2.05, 4.69) is 5.32 Å². The molecule has 1 N–H and O–H groups in total. The van der Waals surface area contributed by atoms with Crippen LogP contribution in [0.2, 0.25) is 10.0 Å². The number of halogens is 2.